The van der Waals surface area contributed by atoms with Crippen molar-refractivity contribution in [2.45, 2.75) is 0 Å². The fraction of sp³-hybridized carbons (Fsp3) is 0.231. The van der Waals surface area contributed by atoms with Crippen LogP contribution in [0.2, 0.25) is 0 Å². The summed E-state index contributed by atoms with van der Waals surface area (Å²) < 4.78 is 16.5. The highest BCUT2D eigenvalue weighted by molar-refractivity contribution is 5.94. The highest BCUT2D eigenvalue weighted by atomic mass is 16.5. The van der Waals surface area contributed by atoms with E-state index in [0.717, 1.165) is 48.6 Å². The van der Waals surface area contributed by atoms with E-state index in [1.165, 1.54) is 5.69 Å². The van der Waals surface area contributed by atoms with Gasteiger partial charge in [0.05, 0.1) is 33.0 Å². The molecular formula is C26H27N5O3. The van der Waals surface area contributed by atoms with Gasteiger partial charge in [-0.1, -0.05) is 18.2 Å². The Hall–Kier alpha value is -4.04. The van der Waals surface area contributed by atoms with Gasteiger partial charge >= 0.3 is 0 Å². The maximum Gasteiger partial charge on any atom is 0.229 e. The minimum absolute atomic E-state index is 0.485. The monoisotopic (exact) mass is 457 g/mol. The summed E-state index contributed by atoms with van der Waals surface area (Å²) in [5.74, 6) is 2.38. The lowest BCUT2D eigenvalue weighted by molar-refractivity contribution is 0.122. The van der Waals surface area contributed by atoms with E-state index in [1.807, 2.05) is 42.5 Å². The van der Waals surface area contributed by atoms with Crippen molar-refractivity contribution in [3.8, 4) is 11.5 Å². The van der Waals surface area contributed by atoms with Gasteiger partial charge in [0, 0.05) is 41.6 Å². The number of benzene rings is 3. The first kappa shape index (κ1) is 21.8. The standard InChI is InChI=1S/C26H27N5O3/c1-32-23-16-21-22(17-24(23)33-2)29-26(28-18-6-4-3-5-7-18)30-25(21)27-19-8-10-20(11-9-19)31-12-14-34-15-13-31/h3-11,16-17H,12-15H2,1-2H3,(H2,27,28,29,30). The number of anilines is 5. The number of nitrogens with zero attached hydrogens (tertiary/aromatic N) is 3. The van der Waals surface area contributed by atoms with Gasteiger partial charge in [-0.15, -0.1) is 0 Å². The summed E-state index contributed by atoms with van der Waals surface area (Å²) in [5, 5.41) is 7.58. The van der Waals surface area contributed by atoms with Gasteiger partial charge in [-0.3, -0.25) is 0 Å². The predicted octanol–water partition coefficient (Wildman–Crippen LogP) is 4.97. The molecule has 0 unspecified atom stereocenters. The van der Waals surface area contributed by atoms with Crippen LogP contribution >= 0.6 is 0 Å². The van der Waals surface area contributed by atoms with Gasteiger partial charge in [0.1, 0.15) is 5.82 Å². The van der Waals surface area contributed by atoms with Crippen molar-refractivity contribution < 1.29 is 14.2 Å². The zero-order chi connectivity index (χ0) is 23.3. The van der Waals surface area contributed by atoms with Gasteiger partial charge in [-0.2, -0.15) is 4.98 Å². The van der Waals surface area contributed by atoms with Crippen molar-refractivity contribution >= 4 is 39.7 Å². The lowest BCUT2D eigenvalue weighted by Gasteiger charge is -2.29. The van der Waals surface area contributed by atoms with Gasteiger partial charge in [0.15, 0.2) is 11.5 Å². The number of morpholine rings is 1. The Morgan fingerprint density at radius 3 is 2.18 bits per heavy atom. The third-order valence-corrected chi connectivity index (χ3v) is 5.74. The molecule has 3 aromatic carbocycles. The maximum atomic E-state index is 5.52. The van der Waals surface area contributed by atoms with E-state index in [-0.39, 0.29) is 0 Å². The first-order valence-electron chi connectivity index (χ1n) is 11.2. The minimum Gasteiger partial charge on any atom is -0.493 e. The average Bonchev–Trinajstić information content (AvgIpc) is 2.89. The zero-order valence-corrected chi connectivity index (χ0v) is 19.2. The molecule has 8 heteroatoms. The van der Waals surface area contributed by atoms with Crippen molar-refractivity contribution in [3.63, 3.8) is 0 Å². The number of ether oxygens (including phenoxy) is 3. The molecule has 1 aliphatic heterocycles. The Balaban J connectivity index is 1.50. The molecule has 2 N–H and O–H groups in total. The number of nitrogens with one attached hydrogen (secondary N) is 2. The van der Waals surface area contributed by atoms with Crippen LogP contribution in [0.1, 0.15) is 0 Å². The van der Waals surface area contributed by atoms with Crippen LogP contribution in [0.15, 0.2) is 66.7 Å². The molecule has 174 valence electrons. The average molecular weight is 458 g/mol. The maximum absolute atomic E-state index is 5.52. The van der Waals surface area contributed by atoms with Gasteiger partial charge < -0.3 is 29.7 Å². The molecule has 1 aromatic heterocycles. The van der Waals surface area contributed by atoms with Crippen molar-refractivity contribution in [3.05, 3.63) is 66.7 Å². The second-order valence-electron chi connectivity index (χ2n) is 7.88. The molecule has 8 nitrogen and oxygen atoms in total. The van der Waals surface area contributed by atoms with Crippen LogP contribution in [0.25, 0.3) is 10.9 Å². The van der Waals surface area contributed by atoms with E-state index < -0.39 is 0 Å². The second-order valence-corrected chi connectivity index (χ2v) is 7.88. The van der Waals surface area contributed by atoms with Crippen molar-refractivity contribution in [2.24, 2.45) is 0 Å². The summed E-state index contributed by atoms with van der Waals surface area (Å²) >= 11 is 0. The molecule has 0 atom stereocenters. The minimum atomic E-state index is 0.485. The fourth-order valence-corrected chi connectivity index (χ4v) is 3.97. The topological polar surface area (TPSA) is 80.8 Å². The smallest absolute Gasteiger partial charge is 0.229 e. The number of para-hydroxylation sites is 1. The van der Waals surface area contributed by atoms with Crippen LogP contribution in [-0.2, 0) is 4.74 Å². The summed E-state index contributed by atoms with van der Waals surface area (Å²) in [6.07, 6.45) is 0. The van der Waals surface area contributed by atoms with Gasteiger partial charge in [-0.25, -0.2) is 4.98 Å². The first-order chi connectivity index (χ1) is 16.7. The molecule has 1 saturated heterocycles. The lowest BCUT2D eigenvalue weighted by atomic mass is 10.2. The molecule has 2 heterocycles. The molecule has 0 aliphatic carbocycles. The first-order valence-corrected chi connectivity index (χ1v) is 11.2. The van der Waals surface area contributed by atoms with E-state index in [4.69, 9.17) is 24.2 Å². The van der Waals surface area contributed by atoms with Crippen LogP contribution < -0.4 is 25.0 Å². The zero-order valence-electron chi connectivity index (χ0n) is 19.2. The van der Waals surface area contributed by atoms with E-state index in [1.54, 1.807) is 14.2 Å². The van der Waals surface area contributed by atoms with E-state index in [9.17, 15) is 0 Å². The SMILES string of the molecule is COc1cc2nc(Nc3ccccc3)nc(Nc3ccc(N4CCOCC4)cc3)c2cc1OC. The third kappa shape index (κ3) is 4.67. The molecule has 0 spiro atoms. The molecule has 0 radical (unpaired) electrons. The van der Waals surface area contributed by atoms with Crippen LogP contribution in [0.4, 0.5) is 28.8 Å². The van der Waals surface area contributed by atoms with Crippen molar-refractivity contribution in [1.82, 2.24) is 9.97 Å². The Morgan fingerprint density at radius 2 is 1.47 bits per heavy atom. The molecule has 0 bridgehead atoms. The second kappa shape index (κ2) is 9.84. The summed E-state index contributed by atoms with van der Waals surface area (Å²) in [4.78, 5) is 11.8. The Labute approximate surface area is 198 Å². The van der Waals surface area contributed by atoms with Gasteiger partial charge in [0.25, 0.3) is 0 Å². The molecule has 0 amide bonds. The van der Waals surface area contributed by atoms with E-state index in [2.05, 4.69) is 39.8 Å². The summed E-state index contributed by atoms with van der Waals surface area (Å²) in [5.41, 5.74) is 3.75. The number of hydrogen-bond donors (Lipinski definition) is 2. The Bertz CT molecular complexity index is 1260. The number of rotatable bonds is 7. The highest BCUT2D eigenvalue weighted by Gasteiger charge is 2.15. The Kier molecular flexibility index (Phi) is 6.31. The summed E-state index contributed by atoms with van der Waals surface area (Å²) in [6.45, 7) is 3.32. The molecule has 0 saturated carbocycles. The van der Waals surface area contributed by atoms with E-state index in [0.29, 0.717) is 23.3 Å². The number of methoxy groups -OCH3 is 2. The van der Waals surface area contributed by atoms with Gasteiger partial charge in [-0.05, 0) is 42.5 Å². The van der Waals surface area contributed by atoms with Crippen LogP contribution in [0, 0.1) is 0 Å². The van der Waals surface area contributed by atoms with E-state index >= 15 is 0 Å². The number of aromatic nitrogens is 2. The number of hydrogen-bond acceptors (Lipinski definition) is 8. The largest absolute Gasteiger partial charge is 0.493 e. The Morgan fingerprint density at radius 1 is 0.794 bits per heavy atom. The van der Waals surface area contributed by atoms with Crippen molar-refractivity contribution in [1.29, 1.82) is 0 Å². The highest BCUT2D eigenvalue weighted by Crippen LogP contribution is 2.36. The quantitative estimate of drug-likeness (QED) is 0.403. The summed E-state index contributed by atoms with van der Waals surface area (Å²) in [7, 11) is 3.23. The lowest BCUT2D eigenvalue weighted by Crippen LogP contribution is -2.36. The number of fused-ring (bicyclic) bond motifs is 1. The molecule has 1 fully saturated rings. The molecule has 1 aliphatic rings. The molecule has 4 aromatic rings. The molecular weight excluding hydrogens is 430 g/mol. The van der Waals surface area contributed by atoms with Gasteiger partial charge in [0.2, 0.25) is 5.95 Å². The normalized spacial score (nSPS) is 13.5. The van der Waals surface area contributed by atoms with Crippen molar-refractivity contribution in [2.75, 3.05) is 56.1 Å². The molecule has 5 rings (SSSR count). The van der Waals surface area contributed by atoms with Crippen LogP contribution in [0.3, 0.4) is 0 Å². The predicted molar refractivity (Wildman–Crippen MR) is 135 cm³/mol. The molecule has 34 heavy (non-hydrogen) atoms. The summed E-state index contributed by atoms with van der Waals surface area (Å²) in [6, 6.07) is 21.9. The van der Waals surface area contributed by atoms with Crippen LogP contribution in [-0.4, -0.2) is 50.5 Å². The fourth-order valence-electron chi connectivity index (χ4n) is 3.97. The third-order valence-electron chi connectivity index (χ3n) is 5.74. The van der Waals surface area contributed by atoms with Crippen LogP contribution in [0.5, 0.6) is 11.5 Å².